The number of benzene rings is 1. The van der Waals surface area contributed by atoms with Gasteiger partial charge < -0.3 is 4.74 Å². The molecule has 0 saturated carbocycles. The Hall–Kier alpha value is -2.05. The summed E-state index contributed by atoms with van der Waals surface area (Å²) < 4.78 is 6.39. The molecule has 3 aromatic rings. The van der Waals surface area contributed by atoms with Gasteiger partial charge in [-0.2, -0.15) is 0 Å². The monoisotopic (exact) mass is 333 g/mol. The van der Waals surface area contributed by atoms with Crippen LogP contribution in [0.25, 0.3) is 10.2 Å². The second-order valence-electron chi connectivity index (χ2n) is 4.75. The average molecular weight is 334 g/mol. The Kier molecular flexibility index (Phi) is 4.04. The van der Waals surface area contributed by atoms with Crippen LogP contribution in [0.3, 0.4) is 0 Å². The van der Waals surface area contributed by atoms with Crippen LogP contribution in [0, 0.1) is 6.92 Å². The molecule has 0 spiro atoms. The van der Waals surface area contributed by atoms with E-state index in [0.717, 1.165) is 15.9 Å². The number of aryl methyl sites for hydroxylation is 1. The maximum absolute atomic E-state index is 12.0. The molecule has 7 heteroatoms. The Morgan fingerprint density at radius 1 is 1.32 bits per heavy atom. The van der Waals surface area contributed by atoms with E-state index in [2.05, 4.69) is 15.0 Å². The van der Waals surface area contributed by atoms with Crippen LogP contribution < -0.4 is 0 Å². The van der Waals surface area contributed by atoms with Crippen LogP contribution in [0.15, 0.2) is 30.6 Å². The van der Waals surface area contributed by atoms with E-state index in [-0.39, 0.29) is 5.69 Å². The van der Waals surface area contributed by atoms with Gasteiger partial charge in [0, 0.05) is 11.2 Å². The predicted molar refractivity (Wildman–Crippen MR) is 85.2 cm³/mol. The van der Waals surface area contributed by atoms with Gasteiger partial charge in [-0.25, -0.2) is 14.8 Å². The fraction of sp³-hybridized carbons (Fsp3) is 0.200. The molecule has 22 heavy (non-hydrogen) atoms. The van der Waals surface area contributed by atoms with Crippen LogP contribution in [-0.2, 0) is 4.74 Å². The number of halogens is 1. The molecule has 3 rings (SSSR count). The first-order chi connectivity index (χ1) is 10.5. The second kappa shape index (κ2) is 5.98. The summed E-state index contributed by atoms with van der Waals surface area (Å²) in [7, 11) is 0. The normalized spacial score (nSPS) is 12.3. The maximum Gasteiger partial charge on any atom is 0.359 e. The van der Waals surface area contributed by atoms with E-state index in [1.54, 1.807) is 19.9 Å². The summed E-state index contributed by atoms with van der Waals surface area (Å²) in [6.07, 6.45) is 2.47. The maximum atomic E-state index is 12.0. The molecule has 0 aliphatic rings. The van der Waals surface area contributed by atoms with Crippen LogP contribution in [0.1, 0.15) is 34.2 Å². The van der Waals surface area contributed by atoms with Crippen molar-refractivity contribution in [2.45, 2.75) is 20.0 Å². The number of nitrogens with zero attached hydrogens (tertiary/aromatic N) is 3. The van der Waals surface area contributed by atoms with Crippen LogP contribution >= 0.6 is 22.9 Å². The molecule has 0 unspecified atom stereocenters. The molecule has 0 aliphatic heterocycles. The third kappa shape index (κ3) is 3.08. The molecule has 0 aliphatic carbocycles. The van der Waals surface area contributed by atoms with Gasteiger partial charge >= 0.3 is 5.97 Å². The van der Waals surface area contributed by atoms with Crippen molar-refractivity contribution in [3.63, 3.8) is 0 Å². The summed E-state index contributed by atoms with van der Waals surface area (Å²) in [5.74, 6) is -0.516. The van der Waals surface area contributed by atoms with Crippen molar-refractivity contribution in [1.29, 1.82) is 0 Å². The zero-order valence-corrected chi connectivity index (χ0v) is 13.5. The number of fused-ring (bicyclic) bond motifs is 1. The summed E-state index contributed by atoms with van der Waals surface area (Å²) in [4.78, 5) is 24.5. The number of esters is 1. The lowest BCUT2D eigenvalue weighted by Gasteiger charge is -2.09. The zero-order valence-electron chi connectivity index (χ0n) is 11.9. The number of hydrogen-bond donors (Lipinski definition) is 0. The topological polar surface area (TPSA) is 65.0 Å². The van der Waals surface area contributed by atoms with E-state index in [1.165, 1.54) is 23.7 Å². The molecule has 0 radical (unpaired) electrons. The minimum absolute atomic E-state index is 0.182. The fourth-order valence-corrected chi connectivity index (χ4v) is 2.96. The van der Waals surface area contributed by atoms with Gasteiger partial charge in [-0.15, -0.1) is 11.3 Å². The fourth-order valence-electron chi connectivity index (χ4n) is 1.86. The SMILES string of the molecule is Cc1cnc(C(=O)O[C@@H](C)c2nc3cc(Cl)ccc3s2)cn1. The highest BCUT2D eigenvalue weighted by Gasteiger charge is 2.18. The van der Waals surface area contributed by atoms with E-state index in [4.69, 9.17) is 16.3 Å². The van der Waals surface area contributed by atoms with Gasteiger partial charge in [0.2, 0.25) is 0 Å². The van der Waals surface area contributed by atoms with Gasteiger partial charge in [-0.05, 0) is 32.0 Å². The second-order valence-corrected chi connectivity index (χ2v) is 6.25. The number of carbonyl (C=O) groups is 1. The molecule has 0 bridgehead atoms. The Morgan fingerprint density at radius 2 is 2.14 bits per heavy atom. The average Bonchev–Trinajstić information content (AvgIpc) is 2.91. The smallest absolute Gasteiger partial charge is 0.359 e. The van der Waals surface area contributed by atoms with E-state index in [1.807, 2.05) is 12.1 Å². The Labute approximate surface area is 136 Å². The third-order valence-corrected chi connectivity index (χ3v) is 4.42. The highest BCUT2D eigenvalue weighted by molar-refractivity contribution is 7.18. The Balaban J connectivity index is 1.79. The molecule has 1 aromatic carbocycles. The van der Waals surface area contributed by atoms with Gasteiger partial charge in [0.25, 0.3) is 0 Å². The summed E-state index contributed by atoms with van der Waals surface area (Å²) in [6, 6.07) is 5.50. The van der Waals surface area contributed by atoms with Crippen LogP contribution in [-0.4, -0.2) is 20.9 Å². The van der Waals surface area contributed by atoms with E-state index in [0.29, 0.717) is 10.0 Å². The summed E-state index contributed by atoms with van der Waals surface area (Å²) >= 11 is 7.42. The molecular formula is C15H12ClN3O2S. The van der Waals surface area contributed by atoms with Crippen molar-refractivity contribution in [1.82, 2.24) is 15.0 Å². The van der Waals surface area contributed by atoms with Gasteiger partial charge in [0.15, 0.2) is 11.8 Å². The van der Waals surface area contributed by atoms with Crippen molar-refractivity contribution in [3.8, 4) is 0 Å². The van der Waals surface area contributed by atoms with Crippen LogP contribution in [0.2, 0.25) is 5.02 Å². The van der Waals surface area contributed by atoms with Gasteiger partial charge in [0.05, 0.1) is 22.1 Å². The molecular weight excluding hydrogens is 322 g/mol. The molecule has 1 atom stereocenters. The zero-order chi connectivity index (χ0) is 15.7. The number of hydrogen-bond acceptors (Lipinski definition) is 6. The summed E-state index contributed by atoms with van der Waals surface area (Å²) in [6.45, 7) is 3.58. The van der Waals surface area contributed by atoms with Crippen molar-refractivity contribution in [2.24, 2.45) is 0 Å². The molecule has 2 heterocycles. The van der Waals surface area contributed by atoms with Crippen molar-refractivity contribution in [3.05, 3.63) is 52.0 Å². The van der Waals surface area contributed by atoms with Crippen molar-refractivity contribution < 1.29 is 9.53 Å². The number of ether oxygens (including phenoxy) is 1. The molecule has 112 valence electrons. The summed E-state index contributed by atoms with van der Waals surface area (Å²) in [5.41, 5.74) is 1.72. The van der Waals surface area contributed by atoms with Crippen molar-refractivity contribution >= 4 is 39.1 Å². The van der Waals surface area contributed by atoms with Crippen molar-refractivity contribution in [2.75, 3.05) is 0 Å². The van der Waals surface area contributed by atoms with Gasteiger partial charge in [0.1, 0.15) is 5.01 Å². The molecule has 0 saturated heterocycles. The molecule has 0 fully saturated rings. The first-order valence-corrected chi connectivity index (χ1v) is 7.78. The predicted octanol–water partition coefficient (Wildman–Crippen LogP) is 3.97. The number of thiazole rings is 1. The minimum Gasteiger partial charge on any atom is -0.450 e. The number of rotatable bonds is 3. The lowest BCUT2D eigenvalue weighted by atomic mass is 10.3. The standard InChI is InChI=1S/C15H12ClN3O2S/c1-8-6-18-12(7-17-8)15(20)21-9(2)14-19-11-5-10(16)3-4-13(11)22-14/h3-7,9H,1-2H3/t9-/m0/s1. The molecule has 5 nitrogen and oxygen atoms in total. The lowest BCUT2D eigenvalue weighted by Crippen LogP contribution is -2.11. The first-order valence-electron chi connectivity index (χ1n) is 6.58. The van der Waals surface area contributed by atoms with E-state index >= 15 is 0 Å². The van der Waals surface area contributed by atoms with Crippen LogP contribution in [0.5, 0.6) is 0 Å². The lowest BCUT2D eigenvalue weighted by molar-refractivity contribution is 0.0330. The van der Waals surface area contributed by atoms with Gasteiger partial charge in [-0.3, -0.25) is 4.98 Å². The Bertz CT molecular complexity index is 832. The quantitative estimate of drug-likeness (QED) is 0.679. The van der Waals surface area contributed by atoms with Crippen LogP contribution in [0.4, 0.5) is 0 Å². The highest BCUT2D eigenvalue weighted by atomic mass is 35.5. The molecule has 2 aromatic heterocycles. The number of aromatic nitrogens is 3. The Morgan fingerprint density at radius 3 is 2.86 bits per heavy atom. The minimum atomic E-state index is -0.516. The largest absolute Gasteiger partial charge is 0.450 e. The number of carbonyl (C=O) groups excluding carboxylic acids is 1. The third-order valence-electron chi connectivity index (χ3n) is 2.99. The summed E-state index contributed by atoms with van der Waals surface area (Å²) in [5, 5.41) is 1.34. The first kappa shape index (κ1) is 14.9. The highest BCUT2D eigenvalue weighted by Crippen LogP contribution is 2.30. The van der Waals surface area contributed by atoms with Gasteiger partial charge in [-0.1, -0.05) is 11.6 Å². The van der Waals surface area contributed by atoms with E-state index < -0.39 is 12.1 Å². The molecule has 0 amide bonds. The molecule has 0 N–H and O–H groups in total. The van der Waals surface area contributed by atoms with E-state index in [9.17, 15) is 4.79 Å².